The van der Waals surface area contributed by atoms with Gasteiger partial charge in [-0.15, -0.1) is 0 Å². The third-order valence-corrected chi connectivity index (χ3v) is 4.90. The van der Waals surface area contributed by atoms with Gasteiger partial charge in [0.05, 0.1) is 4.90 Å². The van der Waals surface area contributed by atoms with Crippen molar-refractivity contribution >= 4 is 15.9 Å². The maximum Gasteiger partial charge on any atom is 0.253 e. The molecule has 1 amide bonds. The van der Waals surface area contributed by atoms with Gasteiger partial charge in [0.1, 0.15) is 0 Å². The van der Waals surface area contributed by atoms with Gasteiger partial charge in [-0.05, 0) is 30.7 Å². The van der Waals surface area contributed by atoms with E-state index in [2.05, 4.69) is 6.92 Å². The van der Waals surface area contributed by atoms with Gasteiger partial charge >= 0.3 is 0 Å². The summed E-state index contributed by atoms with van der Waals surface area (Å²) in [7, 11) is 1.27. The van der Waals surface area contributed by atoms with Gasteiger partial charge in [0, 0.05) is 33.3 Å². The summed E-state index contributed by atoms with van der Waals surface area (Å²) in [6, 6.07) is 6.05. The zero-order valence-electron chi connectivity index (χ0n) is 12.5. The van der Waals surface area contributed by atoms with Crippen molar-refractivity contribution in [2.24, 2.45) is 0 Å². The van der Waals surface area contributed by atoms with Crippen LogP contribution in [0.15, 0.2) is 29.2 Å². The monoisotopic (exact) mass is 298 g/mol. The zero-order valence-corrected chi connectivity index (χ0v) is 13.3. The fourth-order valence-electron chi connectivity index (χ4n) is 1.70. The molecule has 0 unspecified atom stereocenters. The number of carbonyl (C=O) groups is 1. The second kappa shape index (κ2) is 6.85. The van der Waals surface area contributed by atoms with Crippen LogP contribution in [0.1, 0.15) is 30.1 Å². The van der Waals surface area contributed by atoms with Crippen molar-refractivity contribution < 1.29 is 13.2 Å². The normalized spacial score (nSPS) is 11.7. The summed E-state index contributed by atoms with van der Waals surface area (Å²) < 4.78 is 25.0. The van der Waals surface area contributed by atoms with Crippen molar-refractivity contribution in [2.75, 3.05) is 27.7 Å². The number of benzene rings is 1. The Morgan fingerprint density at radius 3 is 2.10 bits per heavy atom. The second-order valence-corrected chi connectivity index (χ2v) is 7.04. The summed E-state index contributed by atoms with van der Waals surface area (Å²) >= 11 is 0. The Morgan fingerprint density at radius 2 is 1.65 bits per heavy atom. The van der Waals surface area contributed by atoms with E-state index in [1.165, 1.54) is 26.2 Å². The summed E-state index contributed by atoms with van der Waals surface area (Å²) in [4.78, 5) is 14.0. The highest BCUT2D eigenvalue weighted by molar-refractivity contribution is 7.89. The Balaban J connectivity index is 2.89. The highest BCUT2D eigenvalue weighted by Gasteiger charge is 2.18. The van der Waals surface area contributed by atoms with Crippen LogP contribution in [0.2, 0.25) is 0 Å². The molecule has 0 fully saturated rings. The average molecular weight is 298 g/mol. The molecule has 0 spiro atoms. The van der Waals surface area contributed by atoms with E-state index in [0.29, 0.717) is 12.1 Å². The molecule has 5 nitrogen and oxygen atoms in total. The molecule has 0 aliphatic carbocycles. The average Bonchev–Trinajstić information content (AvgIpc) is 2.43. The Kier molecular flexibility index (Phi) is 5.71. The molecule has 6 heteroatoms. The van der Waals surface area contributed by atoms with Gasteiger partial charge < -0.3 is 4.90 Å². The molecule has 0 atom stereocenters. The van der Waals surface area contributed by atoms with Crippen molar-refractivity contribution in [3.63, 3.8) is 0 Å². The maximum atomic E-state index is 12.1. The van der Waals surface area contributed by atoms with Crippen molar-refractivity contribution in [1.82, 2.24) is 9.21 Å². The topological polar surface area (TPSA) is 57.7 Å². The fourth-order valence-corrected chi connectivity index (χ4v) is 2.60. The Hall–Kier alpha value is -1.40. The van der Waals surface area contributed by atoms with E-state index in [4.69, 9.17) is 0 Å². The van der Waals surface area contributed by atoms with Crippen LogP contribution in [-0.2, 0) is 10.0 Å². The van der Waals surface area contributed by atoms with Gasteiger partial charge in [0.25, 0.3) is 5.91 Å². The summed E-state index contributed by atoms with van der Waals surface area (Å²) in [6.07, 6.45) is 1.98. The number of nitrogens with zero attached hydrogens (tertiary/aromatic N) is 2. The predicted molar refractivity (Wildman–Crippen MR) is 79.2 cm³/mol. The molecule has 1 rings (SSSR count). The first-order valence-corrected chi connectivity index (χ1v) is 8.02. The third kappa shape index (κ3) is 3.80. The number of carbonyl (C=O) groups excluding carboxylic acids is 1. The number of sulfonamides is 1. The van der Waals surface area contributed by atoms with Gasteiger partial charge in [0.2, 0.25) is 10.0 Å². The van der Waals surface area contributed by atoms with Gasteiger partial charge in [0.15, 0.2) is 0 Å². The standard InChI is InChI=1S/C14H22N2O3S/c1-5-6-11-16(4)14(17)12-7-9-13(10-8-12)20(18,19)15(2)3/h7-10H,5-6,11H2,1-4H3. The lowest BCUT2D eigenvalue weighted by molar-refractivity contribution is 0.0793. The lowest BCUT2D eigenvalue weighted by Gasteiger charge is -2.17. The van der Waals surface area contributed by atoms with Crippen molar-refractivity contribution in [3.8, 4) is 0 Å². The lowest BCUT2D eigenvalue weighted by Crippen LogP contribution is -2.27. The van der Waals surface area contributed by atoms with E-state index in [1.54, 1.807) is 24.1 Å². The molecule has 0 aliphatic heterocycles. The van der Waals surface area contributed by atoms with Crippen LogP contribution in [0.25, 0.3) is 0 Å². The SMILES string of the molecule is CCCCN(C)C(=O)c1ccc(S(=O)(=O)N(C)C)cc1. The quantitative estimate of drug-likeness (QED) is 0.805. The van der Waals surface area contributed by atoms with E-state index in [0.717, 1.165) is 17.1 Å². The molecule has 0 saturated carbocycles. The molecule has 0 aromatic heterocycles. The smallest absolute Gasteiger partial charge is 0.253 e. The molecule has 112 valence electrons. The van der Waals surface area contributed by atoms with Crippen LogP contribution >= 0.6 is 0 Å². The van der Waals surface area contributed by atoms with Crippen LogP contribution in [0.4, 0.5) is 0 Å². The second-order valence-electron chi connectivity index (χ2n) is 4.89. The van der Waals surface area contributed by atoms with Gasteiger partial charge in [-0.2, -0.15) is 0 Å². The molecule has 1 aromatic rings. The predicted octanol–water partition coefficient (Wildman–Crippen LogP) is 1.81. The molecular formula is C14H22N2O3S. The summed E-state index contributed by atoms with van der Waals surface area (Å²) in [6.45, 7) is 2.77. The Labute approximate surface area is 121 Å². The Morgan fingerprint density at radius 1 is 1.10 bits per heavy atom. The van der Waals surface area contributed by atoms with Crippen LogP contribution in [0, 0.1) is 0 Å². The molecular weight excluding hydrogens is 276 g/mol. The number of unbranched alkanes of at least 4 members (excludes halogenated alkanes) is 1. The highest BCUT2D eigenvalue weighted by Crippen LogP contribution is 2.15. The van der Waals surface area contributed by atoms with Crippen LogP contribution < -0.4 is 0 Å². The molecule has 1 aromatic carbocycles. The molecule has 0 radical (unpaired) electrons. The van der Waals surface area contributed by atoms with Crippen LogP contribution in [0.3, 0.4) is 0 Å². The number of rotatable bonds is 6. The van der Waals surface area contributed by atoms with E-state index < -0.39 is 10.0 Å². The minimum Gasteiger partial charge on any atom is -0.342 e. The van der Waals surface area contributed by atoms with Gasteiger partial charge in [-0.1, -0.05) is 13.3 Å². The van der Waals surface area contributed by atoms with Crippen molar-refractivity contribution in [2.45, 2.75) is 24.7 Å². The van der Waals surface area contributed by atoms with Crippen molar-refractivity contribution in [3.05, 3.63) is 29.8 Å². The summed E-state index contributed by atoms with van der Waals surface area (Å²) in [5.74, 6) is -0.0905. The molecule has 0 bridgehead atoms. The minimum atomic E-state index is -3.45. The first-order valence-electron chi connectivity index (χ1n) is 6.58. The van der Waals surface area contributed by atoms with Crippen LogP contribution in [0.5, 0.6) is 0 Å². The molecule has 0 N–H and O–H groups in total. The van der Waals surface area contributed by atoms with Gasteiger partial charge in [-0.3, -0.25) is 4.79 Å². The fraction of sp³-hybridized carbons (Fsp3) is 0.500. The number of hydrogen-bond acceptors (Lipinski definition) is 3. The first kappa shape index (κ1) is 16.7. The summed E-state index contributed by atoms with van der Waals surface area (Å²) in [5, 5.41) is 0. The van der Waals surface area contributed by atoms with E-state index >= 15 is 0 Å². The number of hydrogen-bond donors (Lipinski definition) is 0. The van der Waals surface area contributed by atoms with E-state index in [1.807, 2.05) is 0 Å². The number of amides is 1. The maximum absolute atomic E-state index is 12.1. The molecule has 0 aliphatic rings. The summed E-state index contributed by atoms with van der Waals surface area (Å²) in [5.41, 5.74) is 0.501. The molecule has 0 saturated heterocycles. The van der Waals surface area contributed by atoms with Gasteiger partial charge in [-0.25, -0.2) is 12.7 Å². The highest BCUT2D eigenvalue weighted by atomic mass is 32.2. The van der Waals surface area contributed by atoms with E-state index in [9.17, 15) is 13.2 Å². The molecule has 20 heavy (non-hydrogen) atoms. The lowest BCUT2D eigenvalue weighted by atomic mass is 10.2. The Bertz CT molecular complexity index is 550. The third-order valence-electron chi connectivity index (χ3n) is 3.07. The molecule has 0 heterocycles. The largest absolute Gasteiger partial charge is 0.342 e. The van der Waals surface area contributed by atoms with Crippen LogP contribution in [-0.4, -0.2) is 51.2 Å². The van der Waals surface area contributed by atoms with E-state index in [-0.39, 0.29) is 10.8 Å². The first-order chi connectivity index (χ1) is 9.30. The van der Waals surface area contributed by atoms with Crippen molar-refractivity contribution in [1.29, 1.82) is 0 Å². The zero-order chi connectivity index (χ0) is 15.3. The minimum absolute atomic E-state index is 0.0905.